The van der Waals surface area contributed by atoms with Gasteiger partial charge in [-0.25, -0.2) is 0 Å². The maximum Gasteiger partial charge on any atom is 0.316 e. The largest absolute Gasteiger partial charge is 0.465 e. The van der Waals surface area contributed by atoms with E-state index in [0.717, 1.165) is 25.7 Å². The summed E-state index contributed by atoms with van der Waals surface area (Å²) >= 11 is 0. The fourth-order valence-electron chi connectivity index (χ4n) is 1.51. The van der Waals surface area contributed by atoms with Crippen molar-refractivity contribution in [2.75, 3.05) is 6.61 Å². The molecule has 0 N–H and O–H groups in total. The molecule has 1 atom stereocenters. The molecule has 0 aliphatic carbocycles. The van der Waals surface area contributed by atoms with Gasteiger partial charge >= 0.3 is 5.97 Å². The molecule has 0 aliphatic rings. The number of hydrogen-bond donors (Lipinski definition) is 0. The molecule has 3 nitrogen and oxygen atoms in total. The number of carbonyl (C=O) groups is 2. The van der Waals surface area contributed by atoms with Gasteiger partial charge in [0, 0.05) is 0 Å². The number of esters is 1. The molecule has 0 bridgehead atoms. The Morgan fingerprint density at radius 3 is 2.27 bits per heavy atom. The second-order valence-corrected chi connectivity index (χ2v) is 3.76. The van der Waals surface area contributed by atoms with E-state index in [4.69, 9.17) is 4.74 Å². The number of ketones is 1. The Balaban J connectivity index is 3.94. The smallest absolute Gasteiger partial charge is 0.316 e. The molecule has 0 saturated heterocycles. The van der Waals surface area contributed by atoms with Gasteiger partial charge in [-0.15, -0.1) is 0 Å². The lowest BCUT2D eigenvalue weighted by Gasteiger charge is -2.11. The quantitative estimate of drug-likeness (QED) is 0.354. The number of ether oxygens (including phenoxy) is 1. The van der Waals surface area contributed by atoms with Crippen molar-refractivity contribution < 1.29 is 14.3 Å². The van der Waals surface area contributed by atoms with Gasteiger partial charge in [-0.3, -0.25) is 9.59 Å². The van der Waals surface area contributed by atoms with Crippen LogP contribution in [0.2, 0.25) is 0 Å². The Kier molecular flexibility index (Phi) is 7.96. The van der Waals surface area contributed by atoms with Gasteiger partial charge in [0.2, 0.25) is 0 Å². The lowest BCUT2D eigenvalue weighted by molar-refractivity contribution is -0.151. The Bertz CT molecular complexity index is 199. The summed E-state index contributed by atoms with van der Waals surface area (Å²) in [5.74, 6) is -0.978. The highest BCUT2D eigenvalue weighted by Crippen LogP contribution is 2.13. The molecule has 0 aromatic heterocycles. The Morgan fingerprint density at radius 1 is 1.13 bits per heavy atom. The zero-order valence-corrected chi connectivity index (χ0v) is 10.0. The maximum absolute atomic E-state index is 11.4. The third-order valence-corrected chi connectivity index (χ3v) is 2.41. The van der Waals surface area contributed by atoms with E-state index in [1.165, 1.54) is 6.92 Å². The molecule has 0 rings (SSSR count). The van der Waals surface area contributed by atoms with Crippen molar-refractivity contribution in [1.29, 1.82) is 0 Å². The maximum atomic E-state index is 11.4. The van der Waals surface area contributed by atoms with E-state index < -0.39 is 5.92 Å². The summed E-state index contributed by atoms with van der Waals surface area (Å²) in [6.45, 7) is 5.69. The highest BCUT2D eigenvalue weighted by molar-refractivity contribution is 5.97. The molecule has 0 unspecified atom stereocenters. The first-order valence-electron chi connectivity index (χ1n) is 5.80. The summed E-state index contributed by atoms with van der Waals surface area (Å²) < 4.78 is 4.86. The van der Waals surface area contributed by atoms with E-state index in [-0.39, 0.29) is 11.8 Å². The van der Waals surface area contributed by atoms with Crippen LogP contribution in [0.25, 0.3) is 0 Å². The van der Waals surface area contributed by atoms with Gasteiger partial charge in [0.15, 0.2) is 0 Å². The summed E-state index contributed by atoms with van der Waals surface area (Å²) in [5.41, 5.74) is 0. The second kappa shape index (κ2) is 8.45. The average Bonchev–Trinajstić information content (AvgIpc) is 2.17. The highest BCUT2D eigenvalue weighted by Gasteiger charge is 2.23. The first-order valence-corrected chi connectivity index (χ1v) is 5.80. The number of carbonyl (C=O) groups excluding carboxylic acids is 2. The summed E-state index contributed by atoms with van der Waals surface area (Å²) in [6, 6.07) is 0. The zero-order chi connectivity index (χ0) is 11.7. The van der Waals surface area contributed by atoms with E-state index in [2.05, 4.69) is 6.92 Å². The van der Waals surface area contributed by atoms with Gasteiger partial charge in [-0.1, -0.05) is 32.6 Å². The van der Waals surface area contributed by atoms with Gasteiger partial charge < -0.3 is 4.74 Å². The predicted octanol–water partition coefficient (Wildman–Crippen LogP) is 2.73. The van der Waals surface area contributed by atoms with Crippen LogP contribution in [-0.4, -0.2) is 18.4 Å². The summed E-state index contributed by atoms with van der Waals surface area (Å²) in [7, 11) is 0. The van der Waals surface area contributed by atoms with Gasteiger partial charge in [-0.05, 0) is 20.3 Å². The normalized spacial score (nSPS) is 12.2. The lowest BCUT2D eigenvalue weighted by Crippen LogP contribution is -2.24. The number of unbranched alkanes of at least 4 members (excludes halogenated alkanes) is 3. The van der Waals surface area contributed by atoms with E-state index in [1.807, 2.05) is 0 Å². The average molecular weight is 214 g/mol. The first kappa shape index (κ1) is 14.1. The van der Waals surface area contributed by atoms with E-state index in [9.17, 15) is 9.59 Å². The molecular weight excluding hydrogens is 192 g/mol. The number of Topliss-reactive ketones (excluding diaryl/α,β-unsaturated/α-hetero) is 1. The van der Waals surface area contributed by atoms with E-state index >= 15 is 0 Å². The van der Waals surface area contributed by atoms with Crippen molar-refractivity contribution in [2.45, 2.75) is 52.9 Å². The molecule has 88 valence electrons. The minimum absolute atomic E-state index is 0.0788. The first-order chi connectivity index (χ1) is 7.13. The van der Waals surface area contributed by atoms with Crippen molar-refractivity contribution >= 4 is 11.8 Å². The van der Waals surface area contributed by atoms with Crippen LogP contribution >= 0.6 is 0 Å². The number of hydrogen-bond acceptors (Lipinski definition) is 3. The van der Waals surface area contributed by atoms with Crippen molar-refractivity contribution in [3.8, 4) is 0 Å². The Morgan fingerprint density at radius 2 is 1.80 bits per heavy atom. The van der Waals surface area contributed by atoms with Crippen molar-refractivity contribution in [3.63, 3.8) is 0 Å². The lowest BCUT2D eigenvalue weighted by atomic mass is 9.97. The van der Waals surface area contributed by atoms with Crippen molar-refractivity contribution in [2.24, 2.45) is 5.92 Å². The molecule has 3 heteroatoms. The minimum Gasteiger partial charge on any atom is -0.465 e. The molecule has 0 aromatic rings. The standard InChI is InChI=1S/C12H22O3/c1-4-6-7-8-9-11(10(3)13)12(14)15-5-2/h11H,4-9H2,1-3H3/t11-/m0/s1. The molecule has 0 fully saturated rings. The topological polar surface area (TPSA) is 43.4 Å². The van der Waals surface area contributed by atoms with Crippen LogP contribution in [-0.2, 0) is 14.3 Å². The Hall–Kier alpha value is -0.860. The fourth-order valence-corrected chi connectivity index (χ4v) is 1.51. The van der Waals surface area contributed by atoms with Crippen LogP contribution in [0.1, 0.15) is 52.9 Å². The summed E-state index contributed by atoms with van der Waals surface area (Å²) in [5, 5.41) is 0. The van der Waals surface area contributed by atoms with Crippen LogP contribution in [0, 0.1) is 5.92 Å². The molecule has 0 amide bonds. The van der Waals surface area contributed by atoms with Gasteiger partial charge in [0.25, 0.3) is 0 Å². The fraction of sp³-hybridized carbons (Fsp3) is 0.833. The molecular formula is C12H22O3. The molecule has 0 spiro atoms. The number of rotatable bonds is 8. The molecule has 0 heterocycles. The molecule has 15 heavy (non-hydrogen) atoms. The van der Waals surface area contributed by atoms with E-state index in [1.54, 1.807) is 6.92 Å². The third-order valence-electron chi connectivity index (χ3n) is 2.41. The summed E-state index contributed by atoms with van der Waals surface area (Å²) in [4.78, 5) is 22.6. The minimum atomic E-state index is -0.540. The van der Waals surface area contributed by atoms with Crippen LogP contribution in [0.15, 0.2) is 0 Å². The Labute approximate surface area is 92.2 Å². The zero-order valence-electron chi connectivity index (χ0n) is 10.0. The van der Waals surface area contributed by atoms with Crippen LogP contribution in [0.5, 0.6) is 0 Å². The monoisotopic (exact) mass is 214 g/mol. The molecule has 0 aliphatic heterocycles. The third kappa shape index (κ3) is 6.26. The SMILES string of the molecule is CCCCCC[C@@H](C(C)=O)C(=O)OCC. The van der Waals surface area contributed by atoms with Gasteiger partial charge in [0.05, 0.1) is 6.61 Å². The van der Waals surface area contributed by atoms with Crippen LogP contribution < -0.4 is 0 Å². The second-order valence-electron chi connectivity index (χ2n) is 3.76. The molecule has 0 saturated carbocycles. The van der Waals surface area contributed by atoms with Crippen LogP contribution in [0.4, 0.5) is 0 Å². The highest BCUT2D eigenvalue weighted by atomic mass is 16.5. The van der Waals surface area contributed by atoms with Crippen molar-refractivity contribution in [3.05, 3.63) is 0 Å². The summed E-state index contributed by atoms with van der Waals surface area (Å²) in [6.07, 6.45) is 4.96. The van der Waals surface area contributed by atoms with Gasteiger partial charge in [0.1, 0.15) is 11.7 Å². The van der Waals surface area contributed by atoms with E-state index in [0.29, 0.717) is 13.0 Å². The molecule has 0 aromatic carbocycles. The van der Waals surface area contributed by atoms with Crippen LogP contribution in [0.3, 0.4) is 0 Å². The predicted molar refractivity (Wildman–Crippen MR) is 59.6 cm³/mol. The van der Waals surface area contributed by atoms with Gasteiger partial charge in [-0.2, -0.15) is 0 Å². The van der Waals surface area contributed by atoms with Crippen molar-refractivity contribution in [1.82, 2.24) is 0 Å². The molecule has 0 radical (unpaired) electrons.